The number of carbonyl (C=O) groups excluding carboxylic acids is 2. The molecule has 2 amide bonds. The molecule has 2 rings (SSSR count). The van der Waals surface area contributed by atoms with E-state index in [2.05, 4.69) is 10.6 Å². The minimum absolute atomic E-state index is 0.295. The van der Waals surface area contributed by atoms with E-state index in [0.717, 1.165) is 0 Å². The lowest BCUT2D eigenvalue weighted by Gasteiger charge is -2.29. The second kappa shape index (κ2) is 10.4. The molecule has 1 atom stereocenters. The number of benzene rings is 1. The van der Waals surface area contributed by atoms with Gasteiger partial charge in [0.05, 0.1) is 36.5 Å². The molecule has 1 aliphatic heterocycles. The number of halogens is 1. The van der Waals surface area contributed by atoms with E-state index in [1.54, 1.807) is 19.1 Å². The van der Waals surface area contributed by atoms with Gasteiger partial charge in [-0.1, -0.05) is 32.4 Å². The zero-order valence-corrected chi connectivity index (χ0v) is 18.3. The van der Waals surface area contributed by atoms with Crippen LogP contribution in [0, 0.1) is 5.92 Å². The number of carbonyl (C=O) groups is 2. The number of hydrogen-bond donors (Lipinski definition) is 2. The number of nitrogens with one attached hydrogen (secondary N) is 2. The summed E-state index contributed by atoms with van der Waals surface area (Å²) in [6.45, 7) is 10.7. The number of ether oxygens (including phenoxy) is 3. The van der Waals surface area contributed by atoms with Crippen LogP contribution in [-0.4, -0.2) is 31.8 Å². The number of esters is 1. The fourth-order valence-electron chi connectivity index (χ4n) is 2.89. The Hall–Kier alpha value is -2.41. The molecule has 0 saturated heterocycles. The predicted molar refractivity (Wildman–Crippen MR) is 111 cm³/mol. The molecule has 0 fully saturated rings. The van der Waals surface area contributed by atoms with Crippen molar-refractivity contribution in [3.8, 4) is 11.5 Å². The highest BCUT2D eigenvalue weighted by atomic mass is 35.5. The van der Waals surface area contributed by atoms with Gasteiger partial charge >= 0.3 is 12.0 Å². The van der Waals surface area contributed by atoms with Gasteiger partial charge in [-0.3, -0.25) is 0 Å². The Bertz CT molecular complexity index is 792. The van der Waals surface area contributed by atoms with Gasteiger partial charge in [0, 0.05) is 5.70 Å². The fraction of sp³-hybridized carbons (Fsp3) is 0.524. The minimum Gasteiger partial charge on any atom is -0.490 e. The molecule has 1 unspecified atom stereocenters. The average molecular weight is 425 g/mol. The maximum Gasteiger partial charge on any atom is 0.338 e. The van der Waals surface area contributed by atoms with Gasteiger partial charge in [0.2, 0.25) is 0 Å². The first-order chi connectivity index (χ1) is 13.8. The standard InChI is InChI=1S/C21H29ClN2O5/c1-6-8-28-20(25)17-13(5)23-21(26)24-18(17)14-9-15(22)19(29-11-12(3)4)16(10-14)27-7-2/h9-10,12,18H,6-8,11H2,1-5H3,(H2,23,24,26). The van der Waals surface area contributed by atoms with E-state index in [-0.39, 0.29) is 0 Å². The van der Waals surface area contributed by atoms with E-state index in [1.807, 2.05) is 27.7 Å². The molecule has 1 aromatic rings. The molecule has 0 aliphatic carbocycles. The van der Waals surface area contributed by atoms with Crippen LogP contribution in [0.2, 0.25) is 5.02 Å². The van der Waals surface area contributed by atoms with Crippen molar-refractivity contribution >= 4 is 23.6 Å². The van der Waals surface area contributed by atoms with Gasteiger partial charge < -0.3 is 24.8 Å². The van der Waals surface area contributed by atoms with Crippen LogP contribution in [-0.2, 0) is 9.53 Å². The number of urea groups is 1. The summed E-state index contributed by atoms with van der Waals surface area (Å²) in [4.78, 5) is 24.7. The summed E-state index contributed by atoms with van der Waals surface area (Å²) < 4.78 is 16.9. The molecule has 0 aromatic heterocycles. The van der Waals surface area contributed by atoms with E-state index in [0.29, 0.717) is 65.5 Å². The molecule has 2 N–H and O–H groups in total. The lowest BCUT2D eigenvalue weighted by Crippen LogP contribution is -2.45. The second-order valence-electron chi connectivity index (χ2n) is 7.17. The van der Waals surface area contributed by atoms with Gasteiger partial charge in [-0.25, -0.2) is 9.59 Å². The van der Waals surface area contributed by atoms with Crippen molar-refractivity contribution in [2.75, 3.05) is 19.8 Å². The minimum atomic E-state index is -0.719. The monoisotopic (exact) mass is 424 g/mol. The zero-order chi connectivity index (χ0) is 21.6. The fourth-order valence-corrected chi connectivity index (χ4v) is 3.17. The maximum atomic E-state index is 12.6. The summed E-state index contributed by atoms with van der Waals surface area (Å²) in [5.41, 5.74) is 1.37. The molecule has 160 valence electrons. The molecule has 29 heavy (non-hydrogen) atoms. The normalized spacial score (nSPS) is 16.4. The largest absolute Gasteiger partial charge is 0.490 e. The first kappa shape index (κ1) is 22.9. The van der Waals surface area contributed by atoms with E-state index in [1.165, 1.54) is 0 Å². The third-order valence-corrected chi connectivity index (χ3v) is 4.43. The Balaban J connectivity index is 2.47. The zero-order valence-electron chi connectivity index (χ0n) is 17.6. The first-order valence-corrected chi connectivity index (χ1v) is 10.2. The summed E-state index contributed by atoms with van der Waals surface area (Å²) in [6, 6.07) is 2.29. The van der Waals surface area contributed by atoms with Crippen LogP contribution in [0.1, 0.15) is 52.6 Å². The van der Waals surface area contributed by atoms with Crippen molar-refractivity contribution in [1.29, 1.82) is 0 Å². The molecule has 8 heteroatoms. The van der Waals surface area contributed by atoms with Gasteiger partial charge in [-0.05, 0) is 43.9 Å². The van der Waals surface area contributed by atoms with Gasteiger partial charge in [0.25, 0.3) is 0 Å². The van der Waals surface area contributed by atoms with Gasteiger partial charge in [-0.15, -0.1) is 0 Å². The highest BCUT2D eigenvalue weighted by molar-refractivity contribution is 6.32. The second-order valence-corrected chi connectivity index (χ2v) is 7.58. The van der Waals surface area contributed by atoms with Crippen molar-refractivity contribution in [2.45, 2.75) is 47.1 Å². The van der Waals surface area contributed by atoms with Gasteiger partial charge in [-0.2, -0.15) is 0 Å². The van der Waals surface area contributed by atoms with E-state index in [9.17, 15) is 9.59 Å². The Labute approximate surface area is 176 Å². The Morgan fingerprint density at radius 2 is 1.97 bits per heavy atom. The summed E-state index contributed by atoms with van der Waals surface area (Å²) in [5.74, 6) is 0.731. The molecule has 1 aromatic carbocycles. The lowest BCUT2D eigenvalue weighted by atomic mass is 9.95. The summed E-state index contributed by atoms with van der Waals surface area (Å²) in [6.07, 6.45) is 0.699. The van der Waals surface area contributed by atoms with Crippen LogP contribution in [0.15, 0.2) is 23.4 Å². The van der Waals surface area contributed by atoms with Crippen molar-refractivity contribution < 1.29 is 23.8 Å². The predicted octanol–water partition coefficient (Wildman–Crippen LogP) is 4.35. The highest BCUT2D eigenvalue weighted by Crippen LogP contribution is 2.40. The molecule has 0 saturated carbocycles. The Morgan fingerprint density at radius 1 is 1.24 bits per heavy atom. The van der Waals surface area contributed by atoms with Crippen molar-refractivity contribution in [2.24, 2.45) is 5.92 Å². The Kier molecular flexibility index (Phi) is 8.20. The smallest absolute Gasteiger partial charge is 0.338 e. The molecular formula is C21H29ClN2O5. The van der Waals surface area contributed by atoms with Gasteiger partial charge in [0.15, 0.2) is 11.5 Å². The first-order valence-electron chi connectivity index (χ1n) is 9.82. The molecule has 1 heterocycles. The maximum absolute atomic E-state index is 12.6. The third kappa shape index (κ3) is 5.79. The number of amides is 2. The summed E-state index contributed by atoms with van der Waals surface area (Å²) in [7, 11) is 0. The average Bonchev–Trinajstić information content (AvgIpc) is 2.64. The summed E-state index contributed by atoms with van der Waals surface area (Å²) in [5, 5.41) is 5.74. The quantitative estimate of drug-likeness (QED) is 0.575. The number of allylic oxidation sites excluding steroid dienone is 1. The number of rotatable bonds is 9. The number of hydrogen-bond acceptors (Lipinski definition) is 5. The van der Waals surface area contributed by atoms with Crippen LogP contribution in [0.5, 0.6) is 11.5 Å². The molecule has 1 aliphatic rings. The topological polar surface area (TPSA) is 85.9 Å². The lowest BCUT2D eigenvalue weighted by molar-refractivity contribution is -0.139. The van der Waals surface area contributed by atoms with Gasteiger partial charge in [0.1, 0.15) is 0 Å². The van der Waals surface area contributed by atoms with E-state index in [4.69, 9.17) is 25.8 Å². The van der Waals surface area contributed by atoms with E-state index < -0.39 is 18.0 Å². The van der Waals surface area contributed by atoms with Crippen LogP contribution < -0.4 is 20.1 Å². The van der Waals surface area contributed by atoms with Crippen molar-refractivity contribution in [1.82, 2.24) is 10.6 Å². The highest BCUT2D eigenvalue weighted by Gasteiger charge is 2.33. The Morgan fingerprint density at radius 3 is 2.59 bits per heavy atom. The molecule has 0 bridgehead atoms. The van der Waals surface area contributed by atoms with Crippen molar-refractivity contribution in [3.63, 3.8) is 0 Å². The van der Waals surface area contributed by atoms with Crippen LogP contribution >= 0.6 is 11.6 Å². The molecule has 7 nitrogen and oxygen atoms in total. The third-order valence-electron chi connectivity index (χ3n) is 4.15. The SMILES string of the molecule is CCCOC(=O)C1=C(C)NC(=O)NC1c1cc(Cl)c(OCC(C)C)c(OCC)c1. The molecule has 0 radical (unpaired) electrons. The van der Waals surface area contributed by atoms with Crippen LogP contribution in [0.25, 0.3) is 0 Å². The van der Waals surface area contributed by atoms with Crippen molar-refractivity contribution in [3.05, 3.63) is 34.0 Å². The molecular weight excluding hydrogens is 396 g/mol. The van der Waals surface area contributed by atoms with Crippen LogP contribution in [0.3, 0.4) is 0 Å². The summed E-state index contributed by atoms with van der Waals surface area (Å²) >= 11 is 6.49. The molecule has 0 spiro atoms. The van der Waals surface area contributed by atoms with E-state index >= 15 is 0 Å². The van der Waals surface area contributed by atoms with Crippen LogP contribution in [0.4, 0.5) is 4.79 Å².